The number of rotatable bonds is 17. The van der Waals surface area contributed by atoms with Crippen molar-refractivity contribution in [3.05, 3.63) is 391 Å². The van der Waals surface area contributed by atoms with Crippen LogP contribution in [0.25, 0.3) is 0 Å². The van der Waals surface area contributed by atoms with Crippen LogP contribution in [0.2, 0.25) is 0 Å². The average molecular weight is 1510 g/mol. The van der Waals surface area contributed by atoms with Crippen LogP contribution in [0.15, 0.2) is 291 Å². The number of hydrogen-bond acceptors (Lipinski definition) is 12. The third kappa shape index (κ3) is 17.3. The van der Waals surface area contributed by atoms with Crippen molar-refractivity contribution in [3.8, 4) is 69.0 Å². The summed E-state index contributed by atoms with van der Waals surface area (Å²) in [6, 6.07) is 90.7. The minimum absolute atomic E-state index is 0.0824. The highest BCUT2D eigenvalue weighted by Gasteiger charge is 2.48. The molecule has 12 nitrogen and oxygen atoms in total. The molecule has 12 heteroatoms. The van der Waals surface area contributed by atoms with Gasteiger partial charge in [0.2, 0.25) is 0 Å². The second kappa shape index (κ2) is 33.6. The van der Waals surface area contributed by atoms with Crippen molar-refractivity contribution in [3.63, 3.8) is 0 Å². The molecule has 0 heterocycles. The summed E-state index contributed by atoms with van der Waals surface area (Å²) >= 11 is 0. The summed E-state index contributed by atoms with van der Waals surface area (Å²) in [6.45, 7) is 12.5. The fourth-order valence-corrected chi connectivity index (χ4v) is 18.0. The van der Waals surface area contributed by atoms with Crippen molar-refractivity contribution in [2.45, 2.75) is 127 Å². The Kier molecular flexibility index (Phi) is 23.3. The van der Waals surface area contributed by atoms with Gasteiger partial charge in [-0.2, -0.15) is 0 Å². The van der Waals surface area contributed by atoms with Crippen LogP contribution >= 0.6 is 0 Å². The van der Waals surface area contributed by atoms with Gasteiger partial charge in [0.25, 0.3) is 0 Å². The standard InChI is InChI=1S/C39H44O4.C32H26O4.C30H30O4/c1-37(2,27-19-23-38(24-20-27,29-3-11-33(40)12-4-29)30-5-13-34(41)14-6-30)28-21-25-39(26-22-28,31-7-15-35(42)16-8-31)32-9-17-36(43)18-10-32;33-27-13-5-23(6-14-27)31(24-7-15-28(34)16-8-24)21-1-2-22(4-3-21)32(25-9-17-29(35)18-10-25)26-11-19-30(36)20-12-26;1-17-13-21(5-9-25(17)31)29(22-6-10-26(32)18(2)14-22)30(23-7-11-27(33)19(3)15-23)24-8-12-28(34)20(4)16-24/h3-18,27-28,40-43H,19-26H2,1-2H3;1-20,31-36H;5-16,29-34H,1-4H3. The van der Waals surface area contributed by atoms with E-state index in [2.05, 4.69) is 86.6 Å². The Labute approximate surface area is 662 Å². The summed E-state index contributed by atoms with van der Waals surface area (Å²) in [5.41, 5.74) is 18.3. The van der Waals surface area contributed by atoms with Gasteiger partial charge in [0.05, 0.1) is 0 Å². The lowest BCUT2D eigenvalue weighted by Gasteiger charge is -2.51. The molecule has 15 rings (SSSR count). The lowest BCUT2D eigenvalue weighted by Crippen LogP contribution is -2.43. The Bertz CT molecular complexity index is 4730. The van der Waals surface area contributed by atoms with Crippen LogP contribution in [-0.4, -0.2) is 61.3 Å². The van der Waals surface area contributed by atoms with E-state index in [0.717, 1.165) is 129 Å². The summed E-state index contributed by atoms with van der Waals surface area (Å²) in [5.74, 6) is 3.67. The Balaban J connectivity index is 0.000000149. The molecule has 113 heavy (non-hydrogen) atoms. The van der Waals surface area contributed by atoms with Crippen molar-refractivity contribution >= 4 is 0 Å². The van der Waals surface area contributed by atoms with Gasteiger partial charge in [0.1, 0.15) is 69.0 Å². The first-order valence-electron chi connectivity index (χ1n) is 38.9. The summed E-state index contributed by atoms with van der Waals surface area (Å²) in [6.07, 6.45) is 8.67. The van der Waals surface area contributed by atoms with Crippen LogP contribution in [0.5, 0.6) is 69.0 Å². The largest absolute Gasteiger partial charge is 0.508 e. The van der Waals surface area contributed by atoms with E-state index in [4.69, 9.17) is 0 Å². The van der Waals surface area contributed by atoms with Gasteiger partial charge in [0.15, 0.2) is 0 Å². The minimum atomic E-state index is -0.161. The first kappa shape index (κ1) is 78.6. The predicted octanol–water partition coefficient (Wildman–Crippen LogP) is 22.8. The lowest BCUT2D eigenvalue weighted by molar-refractivity contribution is 0.0364. The Hall–Kier alpha value is -12.5. The van der Waals surface area contributed by atoms with Crippen molar-refractivity contribution in [1.82, 2.24) is 0 Å². The Morgan fingerprint density at radius 3 is 0.566 bits per heavy atom. The van der Waals surface area contributed by atoms with Crippen molar-refractivity contribution in [1.29, 1.82) is 0 Å². The van der Waals surface area contributed by atoms with Crippen molar-refractivity contribution < 1.29 is 61.3 Å². The molecule has 0 aliphatic heterocycles. The quantitative estimate of drug-likeness (QED) is 0.0381. The molecule has 13 aromatic rings. The molecule has 0 bridgehead atoms. The number of phenolic OH excluding ortho intramolecular Hbond substituents is 12. The fraction of sp³-hybridized carbons (Fsp3) is 0.228. The van der Waals surface area contributed by atoms with E-state index in [1.54, 1.807) is 121 Å². The summed E-state index contributed by atoms with van der Waals surface area (Å²) in [5, 5.41) is 120. The van der Waals surface area contributed by atoms with Crippen LogP contribution < -0.4 is 0 Å². The van der Waals surface area contributed by atoms with Gasteiger partial charge in [-0.3, -0.25) is 0 Å². The molecule has 2 fully saturated rings. The normalized spacial score (nSPS) is 14.3. The zero-order valence-corrected chi connectivity index (χ0v) is 64.7. The third-order valence-corrected chi connectivity index (χ3v) is 24.6. The number of benzene rings is 13. The van der Waals surface area contributed by atoms with E-state index in [-0.39, 0.29) is 109 Å². The molecular formula is C101H100O12. The van der Waals surface area contributed by atoms with Crippen molar-refractivity contribution in [2.75, 3.05) is 0 Å². The number of aromatic hydroxyl groups is 12. The van der Waals surface area contributed by atoms with Gasteiger partial charge in [-0.1, -0.05) is 184 Å². The van der Waals surface area contributed by atoms with Crippen molar-refractivity contribution in [2.24, 2.45) is 17.3 Å². The van der Waals surface area contributed by atoms with Crippen LogP contribution in [0, 0.1) is 44.9 Å². The van der Waals surface area contributed by atoms with Gasteiger partial charge in [-0.25, -0.2) is 0 Å². The van der Waals surface area contributed by atoms with E-state index in [1.165, 1.54) is 22.3 Å². The summed E-state index contributed by atoms with van der Waals surface area (Å²) in [7, 11) is 0. The summed E-state index contributed by atoms with van der Waals surface area (Å²) in [4.78, 5) is 0. The van der Waals surface area contributed by atoms with Crippen LogP contribution in [0.3, 0.4) is 0 Å². The summed E-state index contributed by atoms with van der Waals surface area (Å²) < 4.78 is 0. The third-order valence-electron chi connectivity index (χ3n) is 24.6. The van der Waals surface area contributed by atoms with E-state index >= 15 is 0 Å². The van der Waals surface area contributed by atoms with Gasteiger partial charge in [-0.15, -0.1) is 0 Å². The lowest BCUT2D eigenvalue weighted by atomic mass is 9.53. The molecule has 13 aromatic carbocycles. The highest BCUT2D eigenvalue weighted by molar-refractivity contribution is 5.55. The van der Waals surface area contributed by atoms with Crippen LogP contribution in [0.1, 0.15) is 189 Å². The Morgan fingerprint density at radius 1 is 0.230 bits per heavy atom. The first-order chi connectivity index (χ1) is 54.2. The zero-order valence-electron chi connectivity index (χ0n) is 64.7. The molecule has 576 valence electrons. The van der Waals surface area contributed by atoms with E-state index < -0.39 is 0 Å². The maximum atomic E-state index is 10.2. The molecule has 2 saturated carbocycles. The maximum Gasteiger partial charge on any atom is 0.118 e. The molecule has 0 atom stereocenters. The van der Waals surface area contributed by atoms with Gasteiger partial charge in [0, 0.05) is 34.5 Å². The number of aryl methyl sites for hydroxylation is 4. The molecular weight excluding hydrogens is 1410 g/mol. The van der Waals surface area contributed by atoms with E-state index in [0.29, 0.717) is 11.8 Å². The second-order valence-electron chi connectivity index (χ2n) is 31.8. The van der Waals surface area contributed by atoms with E-state index in [9.17, 15) is 61.3 Å². The molecule has 2 aliphatic rings. The molecule has 0 spiro atoms. The molecule has 0 aromatic heterocycles. The molecule has 12 N–H and O–H groups in total. The van der Waals surface area contributed by atoms with Gasteiger partial charge < -0.3 is 61.3 Å². The second-order valence-corrected chi connectivity index (χ2v) is 31.8. The topological polar surface area (TPSA) is 243 Å². The molecule has 0 radical (unpaired) electrons. The zero-order chi connectivity index (χ0) is 79.9. The highest BCUT2D eigenvalue weighted by Crippen LogP contribution is 2.58. The molecule has 0 amide bonds. The van der Waals surface area contributed by atoms with E-state index in [1.807, 2.05) is 125 Å². The predicted molar refractivity (Wildman–Crippen MR) is 448 cm³/mol. The molecule has 2 aliphatic carbocycles. The molecule has 0 saturated heterocycles. The van der Waals surface area contributed by atoms with Crippen LogP contribution in [0.4, 0.5) is 0 Å². The number of phenols is 12. The highest BCUT2D eigenvalue weighted by atomic mass is 16.3. The first-order valence-corrected chi connectivity index (χ1v) is 38.9. The Morgan fingerprint density at radius 2 is 0.389 bits per heavy atom. The molecule has 0 unspecified atom stereocenters. The minimum Gasteiger partial charge on any atom is -0.508 e. The van der Waals surface area contributed by atoms with Crippen LogP contribution in [-0.2, 0) is 10.8 Å². The SMILES string of the molecule is CC(C)(C1CCC(c2ccc(O)cc2)(c2ccc(O)cc2)CC1)C1CCC(c2ccc(O)cc2)(c2ccc(O)cc2)CC1.Cc1cc(C(c2ccc(O)c(C)c2)C(c2ccc(O)c(C)c2)c2ccc(O)c(C)c2)ccc1O.Oc1ccc(C(c2ccc(O)cc2)c2ccc(C(c3ccc(O)cc3)c3ccc(O)cc3)cc2)cc1. The smallest absolute Gasteiger partial charge is 0.118 e. The van der Waals surface area contributed by atoms with Gasteiger partial charge >= 0.3 is 0 Å². The maximum absolute atomic E-state index is 10.2. The fourth-order valence-electron chi connectivity index (χ4n) is 18.0. The van der Waals surface area contributed by atoms with Gasteiger partial charge in [-0.05, 0) is 318 Å². The average Bonchev–Trinajstić information content (AvgIpc) is 0.762. The number of hydrogen-bond donors (Lipinski definition) is 12. The monoisotopic (exact) mass is 1500 g/mol.